The van der Waals surface area contributed by atoms with Crippen LogP contribution in [0.3, 0.4) is 0 Å². The number of rotatable bonds is 8. The lowest BCUT2D eigenvalue weighted by atomic mass is 9.99. The lowest BCUT2D eigenvalue weighted by Crippen LogP contribution is -2.21. The lowest BCUT2D eigenvalue weighted by molar-refractivity contribution is 0.191. The third kappa shape index (κ3) is 9.84. The Morgan fingerprint density at radius 3 is 2.38 bits per heavy atom. The SMILES string of the molecule is COCCCCCC(N)CC(C)C. The molecule has 0 saturated heterocycles. The van der Waals surface area contributed by atoms with E-state index in [2.05, 4.69) is 13.8 Å². The third-order valence-corrected chi connectivity index (χ3v) is 2.20. The van der Waals surface area contributed by atoms with Crippen LogP contribution in [0.4, 0.5) is 0 Å². The highest BCUT2D eigenvalue weighted by atomic mass is 16.5. The average Bonchev–Trinajstić information content (AvgIpc) is 2.02. The quantitative estimate of drug-likeness (QED) is 0.593. The number of unbranched alkanes of at least 4 members (excludes halogenated alkanes) is 2. The van der Waals surface area contributed by atoms with Gasteiger partial charge in [0, 0.05) is 19.8 Å². The van der Waals surface area contributed by atoms with E-state index in [0.717, 1.165) is 18.9 Å². The van der Waals surface area contributed by atoms with Crippen LogP contribution in [-0.2, 0) is 4.74 Å². The average molecular weight is 187 g/mol. The van der Waals surface area contributed by atoms with Gasteiger partial charge in [0.05, 0.1) is 0 Å². The number of methoxy groups -OCH3 is 1. The van der Waals surface area contributed by atoms with E-state index in [0.29, 0.717) is 6.04 Å². The molecule has 0 aromatic heterocycles. The van der Waals surface area contributed by atoms with Crippen molar-refractivity contribution < 1.29 is 4.74 Å². The van der Waals surface area contributed by atoms with Gasteiger partial charge in [0.15, 0.2) is 0 Å². The van der Waals surface area contributed by atoms with Crippen LogP contribution in [0.2, 0.25) is 0 Å². The van der Waals surface area contributed by atoms with Crippen molar-refractivity contribution >= 4 is 0 Å². The maximum atomic E-state index is 5.96. The molecular formula is C11H25NO. The second-order valence-electron chi connectivity index (χ2n) is 4.23. The molecule has 2 N–H and O–H groups in total. The van der Waals surface area contributed by atoms with Gasteiger partial charge in [0.1, 0.15) is 0 Å². The Hall–Kier alpha value is -0.0800. The van der Waals surface area contributed by atoms with Gasteiger partial charge in [-0.3, -0.25) is 0 Å². The van der Waals surface area contributed by atoms with Crippen LogP contribution in [0.5, 0.6) is 0 Å². The van der Waals surface area contributed by atoms with Crippen molar-refractivity contribution in [2.24, 2.45) is 11.7 Å². The highest BCUT2D eigenvalue weighted by molar-refractivity contribution is 4.63. The molecule has 0 aromatic carbocycles. The smallest absolute Gasteiger partial charge is 0.0462 e. The summed E-state index contributed by atoms with van der Waals surface area (Å²) in [5, 5.41) is 0. The van der Waals surface area contributed by atoms with Gasteiger partial charge in [0.2, 0.25) is 0 Å². The Bertz CT molecular complexity index is 104. The molecule has 2 heteroatoms. The van der Waals surface area contributed by atoms with E-state index in [-0.39, 0.29) is 0 Å². The van der Waals surface area contributed by atoms with Gasteiger partial charge >= 0.3 is 0 Å². The number of ether oxygens (including phenoxy) is 1. The van der Waals surface area contributed by atoms with Crippen LogP contribution in [0.25, 0.3) is 0 Å². The summed E-state index contributed by atoms with van der Waals surface area (Å²) in [6.45, 7) is 5.34. The second kappa shape index (κ2) is 8.52. The first-order valence-electron chi connectivity index (χ1n) is 5.41. The Morgan fingerprint density at radius 2 is 1.85 bits per heavy atom. The molecule has 0 aliphatic heterocycles. The van der Waals surface area contributed by atoms with Crippen LogP contribution >= 0.6 is 0 Å². The summed E-state index contributed by atoms with van der Waals surface area (Å²) in [6, 6.07) is 0.405. The van der Waals surface area contributed by atoms with Gasteiger partial charge in [-0.1, -0.05) is 26.7 Å². The van der Waals surface area contributed by atoms with Gasteiger partial charge in [-0.15, -0.1) is 0 Å². The number of hydrogen-bond acceptors (Lipinski definition) is 2. The molecule has 0 aromatic rings. The molecule has 0 heterocycles. The minimum atomic E-state index is 0.405. The molecule has 0 rings (SSSR count). The first-order chi connectivity index (χ1) is 6.16. The summed E-state index contributed by atoms with van der Waals surface area (Å²) in [5.74, 6) is 0.731. The maximum absolute atomic E-state index is 5.96. The number of hydrogen-bond donors (Lipinski definition) is 1. The highest BCUT2D eigenvalue weighted by Gasteiger charge is 2.04. The molecule has 0 saturated carbocycles. The molecular weight excluding hydrogens is 162 g/mol. The lowest BCUT2D eigenvalue weighted by Gasteiger charge is -2.13. The van der Waals surface area contributed by atoms with E-state index in [1.54, 1.807) is 7.11 Å². The summed E-state index contributed by atoms with van der Waals surface area (Å²) < 4.78 is 4.98. The normalized spacial score (nSPS) is 13.6. The van der Waals surface area contributed by atoms with Crippen LogP contribution in [0, 0.1) is 5.92 Å². The van der Waals surface area contributed by atoms with Gasteiger partial charge < -0.3 is 10.5 Å². The van der Waals surface area contributed by atoms with Gasteiger partial charge in [-0.05, 0) is 25.2 Å². The zero-order valence-corrected chi connectivity index (χ0v) is 9.38. The molecule has 0 bridgehead atoms. The zero-order chi connectivity index (χ0) is 10.1. The first-order valence-corrected chi connectivity index (χ1v) is 5.41. The summed E-state index contributed by atoms with van der Waals surface area (Å²) in [7, 11) is 1.75. The molecule has 0 aliphatic carbocycles. The fraction of sp³-hybridized carbons (Fsp3) is 1.00. The van der Waals surface area contributed by atoms with Crippen LogP contribution in [0.1, 0.15) is 46.0 Å². The van der Waals surface area contributed by atoms with Gasteiger partial charge in [-0.25, -0.2) is 0 Å². The topological polar surface area (TPSA) is 35.2 Å². The van der Waals surface area contributed by atoms with E-state index in [1.165, 1.54) is 25.7 Å². The summed E-state index contributed by atoms with van der Waals surface area (Å²) in [4.78, 5) is 0. The van der Waals surface area contributed by atoms with E-state index in [1.807, 2.05) is 0 Å². The van der Waals surface area contributed by atoms with E-state index in [9.17, 15) is 0 Å². The molecule has 0 fully saturated rings. The van der Waals surface area contributed by atoms with Crippen molar-refractivity contribution in [3.63, 3.8) is 0 Å². The largest absolute Gasteiger partial charge is 0.385 e. The summed E-state index contributed by atoms with van der Waals surface area (Å²) in [5.41, 5.74) is 5.96. The molecule has 0 aliphatic rings. The van der Waals surface area contributed by atoms with Crippen molar-refractivity contribution in [2.45, 2.75) is 52.0 Å². The maximum Gasteiger partial charge on any atom is 0.0462 e. The fourth-order valence-electron chi connectivity index (χ4n) is 1.55. The molecule has 0 amide bonds. The van der Waals surface area contributed by atoms with Crippen molar-refractivity contribution in [1.29, 1.82) is 0 Å². The van der Waals surface area contributed by atoms with Crippen molar-refractivity contribution in [3.8, 4) is 0 Å². The zero-order valence-electron chi connectivity index (χ0n) is 9.38. The standard InChI is InChI=1S/C11H25NO/c1-10(2)9-11(12)7-5-4-6-8-13-3/h10-11H,4-9,12H2,1-3H3. The highest BCUT2D eigenvalue weighted by Crippen LogP contribution is 2.09. The predicted octanol–water partition coefficient (Wildman–Crippen LogP) is 2.57. The van der Waals surface area contributed by atoms with Crippen molar-refractivity contribution in [3.05, 3.63) is 0 Å². The molecule has 80 valence electrons. The van der Waals surface area contributed by atoms with Crippen molar-refractivity contribution in [1.82, 2.24) is 0 Å². The molecule has 1 atom stereocenters. The number of nitrogens with two attached hydrogens (primary N) is 1. The Balaban J connectivity index is 3.12. The van der Waals surface area contributed by atoms with E-state index in [4.69, 9.17) is 10.5 Å². The first kappa shape index (κ1) is 12.9. The summed E-state index contributed by atoms with van der Waals surface area (Å²) in [6.07, 6.45) is 5.99. The molecule has 2 nitrogen and oxygen atoms in total. The van der Waals surface area contributed by atoms with Crippen molar-refractivity contribution in [2.75, 3.05) is 13.7 Å². The second-order valence-corrected chi connectivity index (χ2v) is 4.23. The fourth-order valence-corrected chi connectivity index (χ4v) is 1.55. The molecule has 0 spiro atoms. The van der Waals surface area contributed by atoms with Crippen LogP contribution in [-0.4, -0.2) is 19.8 Å². The molecule has 13 heavy (non-hydrogen) atoms. The van der Waals surface area contributed by atoms with E-state index < -0.39 is 0 Å². The molecule has 1 unspecified atom stereocenters. The Labute approximate surface area is 82.8 Å². The predicted molar refractivity (Wildman–Crippen MR) is 57.8 cm³/mol. The monoisotopic (exact) mass is 187 g/mol. The van der Waals surface area contributed by atoms with Gasteiger partial charge in [-0.2, -0.15) is 0 Å². The van der Waals surface area contributed by atoms with Crippen LogP contribution < -0.4 is 5.73 Å². The summed E-state index contributed by atoms with van der Waals surface area (Å²) >= 11 is 0. The molecule has 0 radical (unpaired) electrons. The minimum absolute atomic E-state index is 0.405. The Kier molecular flexibility index (Phi) is 8.46. The van der Waals surface area contributed by atoms with E-state index >= 15 is 0 Å². The van der Waals surface area contributed by atoms with Crippen LogP contribution in [0.15, 0.2) is 0 Å². The third-order valence-electron chi connectivity index (χ3n) is 2.20. The minimum Gasteiger partial charge on any atom is -0.385 e. The van der Waals surface area contributed by atoms with Gasteiger partial charge in [0.25, 0.3) is 0 Å². The Morgan fingerprint density at radius 1 is 1.15 bits per heavy atom.